The molecule has 0 radical (unpaired) electrons. The molecule has 0 aliphatic rings. The van der Waals surface area contributed by atoms with Gasteiger partial charge in [0.25, 0.3) is 0 Å². The Balaban J connectivity index is 2.39. The van der Waals surface area contributed by atoms with Gasteiger partial charge in [0.1, 0.15) is 0 Å². The maximum Gasteiger partial charge on any atom is 0.0482 e. The van der Waals surface area contributed by atoms with Gasteiger partial charge in [-0.05, 0) is 50.4 Å². The molecule has 16 heavy (non-hydrogen) atoms. The van der Waals surface area contributed by atoms with Gasteiger partial charge in [-0.3, -0.25) is 0 Å². The first-order valence-corrected chi connectivity index (χ1v) is 5.84. The van der Waals surface area contributed by atoms with Crippen LogP contribution in [0, 0.1) is 6.92 Å². The summed E-state index contributed by atoms with van der Waals surface area (Å²) in [6.07, 6.45) is 1.08. The molecule has 1 atom stereocenters. The second-order valence-corrected chi connectivity index (χ2v) is 4.63. The molecule has 1 aromatic carbocycles. The standard InChI is InChI=1S/C14H20N2/c1-10(15-3)7-12-5-6-13-8-11(2)16(4)14(13)9-12/h5-6,8-10,15H,7H2,1-4H3. The van der Waals surface area contributed by atoms with E-state index >= 15 is 0 Å². The van der Waals surface area contributed by atoms with Crippen molar-refractivity contribution >= 4 is 10.9 Å². The van der Waals surface area contributed by atoms with Gasteiger partial charge >= 0.3 is 0 Å². The van der Waals surface area contributed by atoms with Crippen molar-refractivity contribution in [2.24, 2.45) is 7.05 Å². The van der Waals surface area contributed by atoms with Crippen molar-refractivity contribution in [3.63, 3.8) is 0 Å². The third-order valence-corrected chi connectivity index (χ3v) is 3.38. The third kappa shape index (κ3) is 1.98. The summed E-state index contributed by atoms with van der Waals surface area (Å²) < 4.78 is 2.25. The number of rotatable bonds is 3. The van der Waals surface area contributed by atoms with Gasteiger partial charge in [0.05, 0.1) is 0 Å². The number of likely N-dealkylation sites (N-methyl/N-ethyl adjacent to an activating group) is 1. The van der Waals surface area contributed by atoms with E-state index in [0.29, 0.717) is 6.04 Å². The van der Waals surface area contributed by atoms with Gasteiger partial charge < -0.3 is 9.88 Å². The largest absolute Gasteiger partial charge is 0.348 e. The fourth-order valence-electron chi connectivity index (χ4n) is 2.10. The lowest BCUT2D eigenvalue weighted by atomic mass is 10.1. The Morgan fingerprint density at radius 2 is 2.06 bits per heavy atom. The van der Waals surface area contributed by atoms with Crippen molar-refractivity contribution in [2.45, 2.75) is 26.3 Å². The number of nitrogens with zero attached hydrogens (tertiary/aromatic N) is 1. The number of aryl methyl sites for hydroxylation is 2. The molecule has 0 saturated heterocycles. The molecule has 0 aliphatic carbocycles. The second-order valence-electron chi connectivity index (χ2n) is 4.63. The number of aromatic nitrogens is 1. The Kier molecular flexibility index (Phi) is 3.01. The van der Waals surface area contributed by atoms with Gasteiger partial charge in [0.15, 0.2) is 0 Å². The van der Waals surface area contributed by atoms with E-state index in [1.54, 1.807) is 0 Å². The zero-order valence-corrected chi connectivity index (χ0v) is 10.5. The molecule has 0 fully saturated rings. The predicted octanol–water partition coefficient (Wildman–Crippen LogP) is 2.64. The van der Waals surface area contributed by atoms with Crippen LogP contribution < -0.4 is 5.32 Å². The summed E-state index contributed by atoms with van der Waals surface area (Å²) in [4.78, 5) is 0. The monoisotopic (exact) mass is 216 g/mol. The quantitative estimate of drug-likeness (QED) is 0.834. The van der Waals surface area contributed by atoms with Crippen LogP contribution in [0.5, 0.6) is 0 Å². The highest BCUT2D eigenvalue weighted by molar-refractivity contribution is 5.81. The summed E-state index contributed by atoms with van der Waals surface area (Å²) in [5.74, 6) is 0. The van der Waals surface area contributed by atoms with Crippen molar-refractivity contribution in [1.82, 2.24) is 9.88 Å². The van der Waals surface area contributed by atoms with Gasteiger partial charge in [-0.15, -0.1) is 0 Å². The SMILES string of the molecule is CNC(C)Cc1ccc2cc(C)n(C)c2c1. The summed E-state index contributed by atoms with van der Waals surface area (Å²) in [5.41, 5.74) is 4.04. The van der Waals surface area contributed by atoms with E-state index in [1.807, 2.05) is 7.05 Å². The molecular formula is C14H20N2. The van der Waals surface area contributed by atoms with Crippen LogP contribution >= 0.6 is 0 Å². The Labute approximate surface area is 97.3 Å². The minimum Gasteiger partial charge on any atom is -0.348 e. The van der Waals surface area contributed by atoms with E-state index in [4.69, 9.17) is 0 Å². The number of fused-ring (bicyclic) bond motifs is 1. The number of nitrogens with one attached hydrogen (secondary N) is 1. The van der Waals surface area contributed by atoms with Crippen LogP contribution in [0.3, 0.4) is 0 Å². The molecular weight excluding hydrogens is 196 g/mol. The second kappa shape index (κ2) is 4.30. The predicted molar refractivity (Wildman–Crippen MR) is 69.9 cm³/mol. The Bertz CT molecular complexity index is 497. The smallest absolute Gasteiger partial charge is 0.0482 e. The average molecular weight is 216 g/mol. The van der Waals surface area contributed by atoms with Crippen molar-refractivity contribution in [3.8, 4) is 0 Å². The van der Waals surface area contributed by atoms with Crippen molar-refractivity contribution in [3.05, 3.63) is 35.5 Å². The molecule has 0 aliphatic heterocycles. The van der Waals surface area contributed by atoms with Gasteiger partial charge in [-0.2, -0.15) is 0 Å². The summed E-state index contributed by atoms with van der Waals surface area (Å²) >= 11 is 0. The van der Waals surface area contributed by atoms with Crippen LogP contribution in [-0.4, -0.2) is 17.7 Å². The average Bonchev–Trinajstić information content (AvgIpc) is 2.55. The van der Waals surface area contributed by atoms with Gasteiger partial charge in [0, 0.05) is 24.3 Å². The van der Waals surface area contributed by atoms with Crippen molar-refractivity contribution in [2.75, 3.05) is 7.05 Å². The van der Waals surface area contributed by atoms with Crippen LogP contribution in [0.25, 0.3) is 10.9 Å². The van der Waals surface area contributed by atoms with E-state index in [2.05, 4.69) is 55.0 Å². The first-order valence-electron chi connectivity index (χ1n) is 5.84. The van der Waals surface area contributed by atoms with E-state index in [-0.39, 0.29) is 0 Å². The Morgan fingerprint density at radius 1 is 1.31 bits per heavy atom. The summed E-state index contributed by atoms with van der Waals surface area (Å²) in [5, 5.41) is 4.61. The van der Waals surface area contributed by atoms with Crippen LogP contribution in [0.2, 0.25) is 0 Å². The third-order valence-electron chi connectivity index (χ3n) is 3.38. The zero-order valence-electron chi connectivity index (χ0n) is 10.5. The topological polar surface area (TPSA) is 17.0 Å². The zero-order chi connectivity index (χ0) is 11.7. The van der Waals surface area contributed by atoms with E-state index in [0.717, 1.165) is 6.42 Å². The Hall–Kier alpha value is -1.28. The molecule has 1 N–H and O–H groups in total. The molecule has 1 heterocycles. The minimum atomic E-state index is 0.527. The van der Waals surface area contributed by atoms with E-state index in [9.17, 15) is 0 Å². The normalized spacial score (nSPS) is 13.2. The van der Waals surface area contributed by atoms with Crippen molar-refractivity contribution in [1.29, 1.82) is 0 Å². The van der Waals surface area contributed by atoms with Gasteiger partial charge in [0.2, 0.25) is 0 Å². The molecule has 2 aromatic rings. The molecule has 2 nitrogen and oxygen atoms in total. The first-order chi connectivity index (χ1) is 7.61. The summed E-state index contributed by atoms with van der Waals surface area (Å²) in [7, 11) is 4.14. The van der Waals surface area contributed by atoms with Crippen LogP contribution in [-0.2, 0) is 13.5 Å². The van der Waals surface area contributed by atoms with Crippen LogP contribution in [0.4, 0.5) is 0 Å². The van der Waals surface area contributed by atoms with Gasteiger partial charge in [-0.25, -0.2) is 0 Å². The summed E-state index contributed by atoms with van der Waals surface area (Å²) in [6.45, 7) is 4.36. The van der Waals surface area contributed by atoms with Crippen LogP contribution in [0.15, 0.2) is 24.3 Å². The highest BCUT2D eigenvalue weighted by Gasteiger charge is 2.05. The maximum atomic E-state index is 3.27. The Morgan fingerprint density at radius 3 is 2.75 bits per heavy atom. The molecule has 0 saturated carbocycles. The lowest BCUT2D eigenvalue weighted by Crippen LogP contribution is -2.23. The first kappa shape index (κ1) is 11.2. The molecule has 2 heteroatoms. The molecule has 0 amide bonds. The molecule has 2 rings (SSSR count). The lowest BCUT2D eigenvalue weighted by Gasteiger charge is -2.10. The molecule has 86 valence electrons. The molecule has 0 spiro atoms. The number of hydrogen-bond donors (Lipinski definition) is 1. The fourth-order valence-corrected chi connectivity index (χ4v) is 2.10. The fraction of sp³-hybridized carbons (Fsp3) is 0.429. The number of benzene rings is 1. The van der Waals surface area contributed by atoms with E-state index in [1.165, 1.54) is 22.2 Å². The van der Waals surface area contributed by atoms with Crippen molar-refractivity contribution < 1.29 is 0 Å². The molecule has 1 aromatic heterocycles. The maximum absolute atomic E-state index is 3.27. The van der Waals surface area contributed by atoms with Gasteiger partial charge in [-0.1, -0.05) is 12.1 Å². The molecule has 0 bridgehead atoms. The highest BCUT2D eigenvalue weighted by atomic mass is 14.9. The molecule has 1 unspecified atom stereocenters. The lowest BCUT2D eigenvalue weighted by molar-refractivity contribution is 0.609. The van der Waals surface area contributed by atoms with E-state index < -0.39 is 0 Å². The minimum absolute atomic E-state index is 0.527. The number of hydrogen-bond acceptors (Lipinski definition) is 1. The summed E-state index contributed by atoms with van der Waals surface area (Å²) in [6, 6.07) is 9.52. The van der Waals surface area contributed by atoms with Crippen LogP contribution in [0.1, 0.15) is 18.2 Å². The highest BCUT2D eigenvalue weighted by Crippen LogP contribution is 2.20.